The maximum absolute atomic E-state index is 12.7. The lowest BCUT2D eigenvalue weighted by atomic mass is 10.2. The Hall–Kier alpha value is -3.48. The van der Waals surface area contributed by atoms with E-state index < -0.39 is 0 Å². The van der Waals surface area contributed by atoms with Crippen LogP contribution in [0.1, 0.15) is 27.4 Å². The van der Waals surface area contributed by atoms with Gasteiger partial charge in [-0.15, -0.1) is 0 Å². The van der Waals surface area contributed by atoms with Crippen LogP contribution in [0, 0.1) is 6.92 Å². The first-order valence-corrected chi connectivity index (χ1v) is 9.42. The normalized spacial score (nSPS) is 10.4. The zero-order valence-corrected chi connectivity index (χ0v) is 16.9. The van der Waals surface area contributed by atoms with Gasteiger partial charge in [0.2, 0.25) is 0 Å². The number of hydrogen-bond acceptors (Lipinski definition) is 6. The van der Waals surface area contributed by atoms with Gasteiger partial charge in [-0.25, -0.2) is 9.97 Å². The highest BCUT2D eigenvalue weighted by Gasteiger charge is 2.13. The fourth-order valence-corrected chi connectivity index (χ4v) is 2.94. The minimum Gasteiger partial charge on any atom is -0.496 e. The molecule has 7 heteroatoms. The molecule has 1 N–H and O–H groups in total. The number of carbonyl (C=O) groups excluding carboxylic acids is 1. The molecule has 0 saturated heterocycles. The lowest BCUT2D eigenvalue weighted by Gasteiger charge is -2.19. The molecule has 1 aromatic carbocycles. The summed E-state index contributed by atoms with van der Waals surface area (Å²) < 4.78 is 5.33. The number of ether oxygens (including phenoxy) is 1. The van der Waals surface area contributed by atoms with Crippen LogP contribution in [0.2, 0.25) is 0 Å². The Bertz CT molecular complexity index is 962. The number of carbonyl (C=O) groups is 1. The number of amides is 1. The van der Waals surface area contributed by atoms with Gasteiger partial charge in [-0.1, -0.05) is 18.2 Å². The van der Waals surface area contributed by atoms with Crippen molar-refractivity contribution < 1.29 is 9.53 Å². The number of nitrogens with zero attached hydrogens (tertiary/aromatic N) is 4. The van der Waals surface area contributed by atoms with Gasteiger partial charge in [0.15, 0.2) is 0 Å². The molecule has 0 aliphatic heterocycles. The maximum atomic E-state index is 12.7. The molecule has 0 radical (unpaired) electrons. The second kappa shape index (κ2) is 9.64. The molecule has 0 fully saturated rings. The molecular weight excluding hydrogens is 366 g/mol. The SMILES string of the molecule is COc1ccccc1CNC(=O)c1cc(N(C)CCc2ccncc2)nc(C)n1. The summed E-state index contributed by atoms with van der Waals surface area (Å²) in [6.45, 7) is 2.92. The Morgan fingerprint density at radius 1 is 1.14 bits per heavy atom. The van der Waals surface area contributed by atoms with Gasteiger partial charge in [-0.2, -0.15) is 0 Å². The molecule has 3 rings (SSSR count). The molecule has 0 aliphatic carbocycles. The number of methoxy groups -OCH3 is 1. The van der Waals surface area contributed by atoms with E-state index in [1.165, 1.54) is 5.56 Å². The Morgan fingerprint density at radius 2 is 1.90 bits per heavy atom. The molecule has 0 saturated carbocycles. The monoisotopic (exact) mass is 391 g/mol. The summed E-state index contributed by atoms with van der Waals surface area (Å²) in [5.41, 5.74) is 2.45. The number of likely N-dealkylation sites (N-methyl/N-ethyl adjacent to an activating group) is 1. The van der Waals surface area contributed by atoms with E-state index in [9.17, 15) is 4.79 Å². The van der Waals surface area contributed by atoms with Gasteiger partial charge < -0.3 is 15.0 Å². The van der Waals surface area contributed by atoms with Crippen molar-refractivity contribution in [2.24, 2.45) is 0 Å². The van der Waals surface area contributed by atoms with Crippen LogP contribution in [-0.2, 0) is 13.0 Å². The van der Waals surface area contributed by atoms with E-state index in [0.29, 0.717) is 23.9 Å². The average molecular weight is 391 g/mol. The van der Waals surface area contributed by atoms with Gasteiger partial charge in [0, 0.05) is 44.2 Å². The fraction of sp³-hybridized carbons (Fsp3) is 0.273. The van der Waals surface area contributed by atoms with Crippen LogP contribution < -0.4 is 15.0 Å². The summed E-state index contributed by atoms with van der Waals surface area (Å²) in [7, 11) is 3.57. The van der Waals surface area contributed by atoms with Gasteiger partial charge in [-0.05, 0) is 37.1 Å². The number of aromatic nitrogens is 3. The van der Waals surface area contributed by atoms with E-state index in [1.54, 1.807) is 32.5 Å². The van der Waals surface area contributed by atoms with Crippen molar-refractivity contribution in [1.29, 1.82) is 0 Å². The summed E-state index contributed by atoms with van der Waals surface area (Å²) >= 11 is 0. The van der Waals surface area contributed by atoms with E-state index in [-0.39, 0.29) is 5.91 Å². The van der Waals surface area contributed by atoms with E-state index >= 15 is 0 Å². The third-order valence-corrected chi connectivity index (χ3v) is 4.57. The van der Waals surface area contributed by atoms with Gasteiger partial charge in [0.25, 0.3) is 5.91 Å². The van der Waals surface area contributed by atoms with Crippen molar-refractivity contribution in [3.63, 3.8) is 0 Å². The Kier molecular flexibility index (Phi) is 6.73. The lowest BCUT2D eigenvalue weighted by Crippen LogP contribution is -2.26. The third kappa shape index (κ3) is 5.51. The molecule has 150 valence electrons. The average Bonchev–Trinajstić information content (AvgIpc) is 2.76. The zero-order valence-electron chi connectivity index (χ0n) is 16.9. The van der Waals surface area contributed by atoms with Crippen LogP contribution in [0.15, 0.2) is 54.9 Å². The molecule has 2 heterocycles. The van der Waals surface area contributed by atoms with Crippen molar-refractivity contribution in [2.75, 3.05) is 25.6 Å². The van der Waals surface area contributed by atoms with Crippen LogP contribution in [0.3, 0.4) is 0 Å². The third-order valence-electron chi connectivity index (χ3n) is 4.57. The number of pyridine rings is 1. The fourth-order valence-electron chi connectivity index (χ4n) is 2.94. The number of hydrogen-bond donors (Lipinski definition) is 1. The number of rotatable bonds is 8. The predicted molar refractivity (Wildman–Crippen MR) is 112 cm³/mol. The first-order chi connectivity index (χ1) is 14.1. The quantitative estimate of drug-likeness (QED) is 0.636. The van der Waals surface area contributed by atoms with E-state index in [4.69, 9.17) is 4.74 Å². The topological polar surface area (TPSA) is 80.2 Å². The molecule has 0 atom stereocenters. The van der Waals surface area contributed by atoms with Gasteiger partial charge in [0.05, 0.1) is 7.11 Å². The number of nitrogens with one attached hydrogen (secondary N) is 1. The molecule has 0 aliphatic rings. The highest BCUT2D eigenvalue weighted by molar-refractivity contribution is 5.93. The smallest absolute Gasteiger partial charge is 0.270 e. The van der Waals surface area contributed by atoms with Crippen molar-refractivity contribution in [3.8, 4) is 5.75 Å². The summed E-state index contributed by atoms with van der Waals surface area (Å²) in [5, 5.41) is 2.91. The summed E-state index contributed by atoms with van der Waals surface area (Å²) in [5.74, 6) is 1.77. The molecule has 0 spiro atoms. The first kappa shape index (κ1) is 20.3. The number of aryl methyl sites for hydroxylation is 1. The highest BCUT2D eigenvalue weighted by atomic mass is 16.5. The number of para-hydroxylation sites is 1. The summed E-state index contributed by atoms with van der Waals surface area (Å²) in [6.07, 6.45) is 4.43. The Balaban J connectivity index is 1.66. The molecule has 0 unspecified atom stereocenters. The zero-order chi connectivity index (χ0) is 20.6. The Labute approximate surface area is 170 Å². The van der Waals surface area contributed by atoms with Crippen molar-refractivity contribution >= 4 is 11.7 Å². The highest BCUT2D eigenvalue weighted by Crippen LogP contribution is 2.17. The van der Waals surface area contributed by atoms with Crippen molar-refractivity contribution in [2.45, 2.75) is 19.9 Å². The molecule has 0 bridgehead atoms. The van der Waals surface area contributed by atoms with Crippen molar-refractivity contribution in [1.82, 2.24) is 20.3 Å². The maximum Gasteiger partial charge on any atom is 0.270 e. The van der Waals surface area contributed by atoms with Crippen LogP contribution in [0.4, 0.5) is 5.82 Å². The second-order valence-electron chi connectivity index (χ2n) is 6.68. The van der Waals surface area contributed by atoms with Crippen molar-refractivity contribution in [3.05, 3.63) is 77.5 Å². The number of anilines is 1. The van der Waals surface area contributed by atoms with Gasteiger partial charge in [-0.3, -0.25) is 9.78 Å². The van der Waals surface area contributed by atoms with E-state index in [0.717, 1.165) is 24.3 Å². The lowest BCUT2D eigenvalue weighted by molar-refractivity contribution is 0.0945. The standard InChI is InChI=1S/C22H25N5O2/c1-16-25-19(22(28)24-15-18-6-4-5-7-20(18)29-3)14-21(26-16)27(2)13-10-17-8-11-23-12-9-17/h4-9,11-12,14H,10,13,15H2,1-3H3,(H,24,28). The number of benzene rings is 1. The van der Waals surface area contributed by atoms with Crippen LogP contribution in [0.25, 0.3) is 0 Å². The molecule has 2 aromatic heterocycles. The summed E-state index contributed by atoms with van der Waals surface area (Å²) in [4.78, 5) is 27.5. The van der Waals surface area contributed by atoms with E-state index in [2.05, 4.69) is 20.3 Å². The molecule has 7 nitrogen and oxygen atoms in total. The first-order valence-electron chi connectivity index (χ1n) is 9.42. The van der Waals surface area contributed by atoms with Gasteiger partial charge >= 0.3 is 0 Å². The minimum absolute atomic E-state index is 0.245. The van der Waals surface area contributed by atoms with E-state index in [1.807, 2.05) is 48.3 Å². The predicted octanol–water partition coefficient (Wildman–Crippen LogP) is 2.80. The molecular formula is C22H25N5O2. The van der Waals surface area contributed by atoms with Crippen LogP contribution in [0.5, 0.6) is 5.75 Å². The minimum atomic E-state index is -0.245. The van der Waals surface area contributed by atoms with Gasteiger partial charge in [0.1, 0.15) is 23.1 Å². The molecule has 29 heavy (non-hydrogen) atoms. The molecule has 3 aromatic rings. The largest absolute Gasteiger partial charge is 0.496 e. The second-order valence-corrected chi connectivity index (χ2v) is 6.68. The molecule has 1 amide bonds. The van der Waals surface area contributed by atoms with Crippen LogP contribution in [-0.4, -0.2) is 41.6 Å². The summed E-state index contributed by atoms with van der Waals surface area (Å²) in [6, 6.07) is 13.3. The Morgan fingerprint density at radius 3 is 2.66 bits per heavy atom. The van der Waals surface area contributed by atoms with Crippen LogP contribution >= 0.6 is 0 Å².